The normalized spacial score (nSPS) is 11.8. The van der Waals surface area contributed by atoms with Gasteiger partial charge in [0.2, 0.25) is 11.2 Å². The van der Waals surface area contributed by atoms with Crippen LogP contribution in [0.3, 0.4) is 0 Å². The van der Waals surface area contributed by atoms with Gasteiger partial charge in [0.1, 0.15) is 17.1 Å². The maximum absolute atomic E-state index is 13.4. The predicted octanol–water partition coefficient (Wildman–Crippen LogP) is 5.98. The van der Waals surface area contributed by atoms with Gasteiger partial charge in [-0.3, -0.25) is 9.59 Å². The van der Waals surface area contributed by atoms with Gasteiger partial charge in [-0.15, -0.1) is 0 Å². The highest BCUT2D eigenvalue weighted by molar-refractivity contribution is 6.32. The number of fused-ring (bicyclic) bond motifs is 1. The molecule has 1 aromatic heterocycles. The first-order valence-electron chi connectivity index (χ1n) is 10.4. The van der Waals surface area contributed by atoms with E-state index in [1.165, 1.54) is 37.3 Å². The van der Waals surface area contributed by atoms with E-state index in [9.17, 15) is 14.0 Å². The van der Waals surface area contributed by atoms with Crippen LogP contribution >= 0.6 is 11.6 Å². The Morgan fingerprint density at radius 2 is 1.76 bits per heavy atom. The monoisotopic (exact) mass is 481 g/mol. The lowest BCUT2D eigenvalue weighted by molar-refractivity contribution is -0.122. The van der Waals surface area contributed by atoms with Gasteiger partial charge in [-0.25, -0.2) is 4.39 Å². The van der Waals surface area contributed by atoms with Crippen LogP contribution in [0, 0.1) is 12.7 Å². The van der Waals surface area contributed by atoms with E-state index in [4.69, 9.17) is 25.5 Å². The number of aryl methyl sites for hydroxylation is 1. The fourth-order valence-electron chi connectivity index (χ4n) is 3.35. The Hall–Kier alpha value is -3.84. The summed E-state index contributed by atoms with van der Waals surface area (Å²) in [5, 5.41) is 3.27. The fraction of sp³-hybridized carbons (Fsp3) is 0.154. The van der Waals surface area contributed by atoms with Crippen molar-refractivity contribution in [2.24, 2.45) is 0 Å². The summed E-state index contributed by atoms with van der Waals surface area (Å²) in [6.45, 7) is 3.31. The Kier molecular flexibility index (Phi) is 6.56. The number of nitrogens with one attached hydrogen (secondary N) is 1. The van der Waals surface area contributed by atoms with Crippen LogP contribution < -0.4 is 20.2 Å². The number of halogens is 2. The van der Waals surface area contributed by atoms with E-state index in [1.54, 1.807) is 44.4 Å². The molecule has 1 atom stereocenters. The molecule has 1 amide bonds. The molecule has 1 heterocycles. The molecular weight excluding hydrogens is 461 g/mol. The van der Waals surface area contributed by atoms with Gasteiger partial charge in [0, 0.05) is 16.3 Å². The highest BCUT2D eigenvalue weighted by Crippen LogP contribution is 2.34. The predicted molar refractivity (Wildman–Crippen MR) is 129 cm³/mol. The molecule has 0 bridgehead atoms. The Bertz CT molecular complexity index is 1410. The van der Waals surface area contributed by atoms with Gasteiger partial charge in [0.05, 0.1) is 12.5 Å². The molecule has 4 aromatic rings. The maximum atomic E-state index is 13.4. The largest absolute Gasteiger partial charge is 0.497 e. The van der Waals surface area contributed by atoms with Crippen LogP contribution in [0.15, 0.2) is 69.9 Å². The lowest BCUT2D eigenvalue weighted by Gasteiger charge is -2.17. The van der Waals surface area contributed by atoms with E-state index in [2.05, 4.69) is 5.32 Å². The number of amides is 1. The zero-order valence-corrected chi connectivity index (χ0v) is 19.4. The summed E-state index contributed by atoms with van der Waals surface area (Å²) in [5.41, 5.74) is 1.58. The highest BCUT2D eigenvalue weighted by atomic mass is 35.5. The van der Waals surface area contributed by atoms with Crippen LogP contribution in [0.25, 0.3) is 22.3 Å². The zero-order valence-electron chi connectivity index (χ0n) is 18.6. The minimum absolute atomic E-state index is 0.126. The molecule has 3 aromatic carbocycles. The Balaban J connectivity index is 1.76. The minimum Gasteiger partial charge on any atom is -0.497 e. The second-order valence-electron chi connectivity index (χ2n) is 7.67. The summed E-state index contributed by atoms with van der Waals surface area (Å²) in [6, 6.07) is 15.4. The second-order valence-corrected chi connectivity index (χ2v) is 8.08. The summed E-state index contributed by atoms with van der Waals surface area (Å²) < 4.78 is 30.3. The average molecular weight is 482 g/mol. The Labute approximate surface area is 199 Å². The van der Waals surface area contributed by atoms with Gasteiger partial charge in [-0.2, -0.15) is 0 Å². The number of hydrogen-bond acceptors (Lipinski definition) is 5. The van der Waals surface area contributed by atoms with Crippen LogP contribution in [-0.4, -0.2) is 19.1 Å². The Morgan fingerprint density at radius 3 is 2.41 bits per heavy atom. The van der Waals surface area contributed by atoms with Crippen molar-refractivity contribution in [3.8, 4) is 22.8 Å². The van der Waals surface area contributed by atoms with Crippen LogP contribution in [0.2, 0.25) is 5.02 Å². The van der Waals surface area contributed by atoms with Crippen molar-refractivity contribution < 1.29 is 23.1 Å². The fourth-order valence-corrected chi connectivity index (χ4v) is 3.51. The molecule has 0 fully saturated rings. The van der Waals surface area contributed by atoms with E-state index in [0.29, 0.717) is 27.6 Å². The summed E-state index contributed by atoms with van der Waals surface area (Å²) >= 11 is 6.23. The number of methoxy groups -OCH3 is 1. The standard InChI is InChI=1S/C26H21ClFNO5/c1-14-12-22-20(13-21(14)27)23(30)25(24(34-22)16-4-10-19(32-3)11-5-16)33-15(2)26(31)29-18-8-6-17(28)7-9-18/h4-13,15H,1-3H3,(H,29,31). The van der Waals surface area contributed by atoms with Crippen LogP contribution in [0.5, 0.6) is 11.5 Å². The Morgan fingerprint density at radius 1 is 1.09 bits per heavy atom. The second kappa shape index (κ2) is 9.57. The quantitative estimate of drug-likeness (QED) is 0.367. The molecular formula is C26H21ClFNO5. The number of ether oxygens (including phenoxy) is 2. The molecule has 1 N–H and O–H groups in total. The van der Waals surface area contributed by atoms with E-state index in [1.807, 2.05) is 0 Å². The smallest absolute Gasteiger partial charge is 0.265 e. The summed E-state index contributed by atoms with van der Waals surface area (Å²) in [5.74, 6) is -0.269. The van der Waals surface area contributed by atoms with Crippen molar-refractivity contribution in [3.63, 3.8) is 0 Å². The molecule has 0 aliphatic rings. The van der Waals surface area contributed by atoms with Gasteiger partial charge >= 0.3 is 0 Å². The molecule has 174 valence electrons. The molecule has 6 nitrogen and oxygen atoms in total. The van der Waals surface area contributed by atoms with E-state index in [-0.39, 0.29) is 16.9 Å². The van der Waals surface area contributed by atoms with Crippen LogP contribution in [0.4, 0.5) is 10.1 Å². The molecule has 0 aliphatic carbocycles. The third-order valence-electron chi connectivity index (χ3n) is 5.26. The molecule has 0 aliphatic heterocycles. The third kappa shape index (κ3) is 4.75. The van der Waals surface area contributed by atoms with Gasteiger partial charge in [0.15, 0.2) is 11.9 Å². The molecule has 0 spiro atoms. The summed E-state index contributed by atoms with van der Waals surface area (Å²) in [4.78, 5) is 26.1. The molecule has 8 heteroatoms. The highest BCUT2D eigenvalue weighted by Gasteiger charge is 2.24. The number of rotatable bonds is 6. The number of benzene rings is 3. The molecule has 4 rings (SSSR count). The van der Waals surface area contributed by atoms with Crippen molar-refractivity contribution in [2.45, 2.75) is 20.0 Å². The molecule has 0 radical (unpaired) electrons. The number of anilines is 1. The third-order valence-corrected chi connectivity index (χ3v) is 5.66. The van der Waals surface area contributed by atoms with E-state index >= 15 is 0 Å². The van der Waals surface area contributed by atoms with Crippen molar-refractivity contribution >= 4 is 34.2 Å². The maximum Gasteiger partial charge on any atom is 0.265 e. The van der Waals surface area contributed by atoms with Crippen LogP contribution in [-0.2, 0) is 4.79 Å². The van der Waals surface area contributed by atoms with Gasteiger partial charge < -0.3 is 19.2 Å². The van der Waals surface area contributed by atoms with Crippen molar-refractivity contribution in [2.75, 3.05) is 12.4 Å². The summed E-state index contributed by atoms with van der Waals surface area (Å²) in [7, 11) is 1.55. The van der Waals surface area contributed by atoms with E-state index < -0.39 is 23.3 Å². The number of carbonyl (C=O) groups excluding carboxylic acids is 1. The van der Waals surface area contributed by atoms with Crippen molar-refractivity contribution in [1.82, 2.24) is 0 Å². The first-order chi connectivity index (χ1) is 16.3. The first kappa shape index (κ1) is 23.3. The lowest BCUT2D eigenvalue weighted by atomic mass is 10.1. The first-order valence-corrected chi connectivity index (χ1v) is 10.8. The van der Waals surface area contributed by atoms with Crippen molar-refractivity contribution in [3.05, 3.63) is 87.3 Å². The molecule has 1 unspecified atom stereocenters. The van der Waals surface area contributed by atoms with E-state index in [0.717, 1.165) is 5.56 Å². The van der Waals surface area contributed by atoms with Gasteiger partial charge in [0.25, 0.3) is 5.91 Å². The lowest BCUT2D eigenvalue weighted by Crippen LogP contribution is -2.31. The SMILES string of the molecule is COc1ccc(-c2oc3cc(C)c(Cl)cc3c(=O)c2OC(C)C(=O)Nc2ccc(F)cc2)cc1. The van der Waals surface area contributed by atoms with Gasteiger partial charge in [-0.05, 0) is 80.1 Å². The van der Waals surface area contributed by atoms with Crippen LogP contribution in [0.1, 0.15) is 12.5 Å². The average Bonchev–Trinajstić information content (AvgIpc) is 2.83. The summed E-state index contributed by atoms with van der Waals surface area (Å²) in [6.07, 6.45) is -1.07. The molecule has 0 saturated carbocycles. The number of carbonyl (C=O) groups is 1. The minimum atomic E-state index is -1.07. The van der Waals surface area contributed by atoms with Gasteiger partial charge in [-0.1, -0.05) is 11.6 Å². The molecule has 0 saturated heterocycles. The molecule has 34 heavy (non-hydrogen) atoms. The number of hydrogen-bond donors (Lipinski definition) is 1. The van der Waals surface area contributed by atoms with Crippen molar-refractivity contribution in [1.29, 1.82) is 0 Å². The topological polar surface area (TPSA) is 77.8 Å². The zero-order chi connectivity index (χ0) is 24.4.